The van der Waals surface area contributed by atoms with Crippen molar-refractivity contribution in [2.24, 2.45) is 0 Å². The summed E-state index contributed by atoms with van der Waals surface area (Å²) in [6.45, 7) is 1.80. The van der Waals surface area contributed by atoms with Crippen LogP contribution in [0.25, 0.3) is 0 Å². The first-order chi connectivity index (χ1) is 10.9. The highest BCUT2D eigenvalue weighted by molar-refractivity contribution is 9.10. The Hall–Kier alpha value is -1.96. The zero-order chi connectivity index (χ0) is 17.0. The number of carbonyl (C=O) groups excluding carboxylic acids is 1. The van der Waals surface area contributed by atoms with Crippen molar-refractivity contribution in [1.29, 1.82) is 0 Å². The summed E-state index contributed by atoms with van der Waals surface area (Å²) < 4.78 is 31.6. The first kappa shape index (κ1) is 17.4. The SMILES string of the molecule is CCn1cc(CNC(=O)c2cc(Br)ccc2OC(F)F)c(C)n1. The Kier molecular flexibility index (Phi) is 5.70. The summed E-state index contributed by atoms with van der Waals surface area (Å²) in [5, 5.41) is 6.98. The maximum Gasteiger partial charge on any atom is 0.387 e. The van der Waals surface area contributed by atoms with Crippen LogP contribution in [0, 0.1) is 6.92 Å². The summed E-state index contributed by atoms with van der Waals surface area (Å²) >= 11 is 3.21. The monoisotopic (exact) mass is 387 g/mol. The highest BCUT2D eigenvalue weighted by Crippen LogP contribution is 2.25. The lowest BCUT2D eigenvalue weighted by atomic mass is 10.2. The Bertz CT molecular complexity index is 704. The van der Waals surface area contributed by atoms with E-state index in [1.54, 1.807) is 4.68 Å². The molecule has 1 amide bonds. The summed E-state index contributed by atoms with van der Waals surface area (Å²) in [7, 11) is 0. The van der Waals surface area contributed by atoms with E-state index in [4.69, 9.17) is 0 Å². The van der Waals surface area contributed by atoms with E-state index in [-0.39, 0.29) is 17.9 Å². The van der Waals surface area contributed by atoms with Crippen molar-refractivity contribution in [2.75, 3.05) is 0 Å². The number of nitrogens with zero attached hydrogens (tertiary/aromatic N) is 2. The van der Waals surface area contributed by atoms with Gasteiger partial charge in [0.05, 0.1) is 11.3 Å². The van der Waals surface area contributed by atoms with Crippen LogP contribution < -0.4 is 10.1 Å². The molecule has 0 aliphatic carbocycles. The van der Waals surface area contributed by atoms with Gasteiger partial charge in [0, 0.05) is 29.3 Å². The third kappa shape index (κ3) is 4.51. The third-order valence-corrected chi connectivity index (χ3v) is 3.71. The normalized spacial score (nSPS) is 10.9. The molecule has 124 valence electrons. The molecule has 0 aliphatic rings. The van der Waals surface area contributed by atoms with E-state index in [1.165, 1.54) is 18.2 Å². The fraction of sp³-hybridized carbons (Fsp3) is 0.333. The van der Waals surface area contributed by atoms with Crippen molar-refractivity contribution in [3.8, 4) is 5.75 Å². The molecule has 0 radical (unpaired) electrons. The van der Waals surface area contributed by atoms with Gasteiger partial charge >= 0.3 is 6.61 Å². The molecule has 0 spiro atoms. The van der Waals surface area contributed by atoms with E-state index in [1.807, 2.05) is 20.0 Å². The number of amides is 1. The highest BCUT2D eigenvalue weighted by Gasteiger charge is 2.17. The number of hydrogen-bond acceptors (Lipinski definition) is 3. The number of hydrogen-bond donors (Lipinski definition) is 1. The van der Waals surface area contributed by atoms with Crippen LogP contribution in [-0.2, 0) is 13.1 Å². The molecule has 0 unspecified atom stereocenters. The quantitative estimate of drug-likeness (QED) is 0.824. The number of benzene rings is 1. The van der Waals surface area contributed by atoms with Crippen LogP contribution in [-0.4, -0.2) is 22.3 Å². The number of alkyl halides is 2. The van der Waals surface area contributed by atoms with E-state index in [2.05, 4.69) is 31.1 Å². The minimum atomic E-state index is -2.99. The van der Waals surface area contributed by atoms with Gasteiger partial charge in [-0.2, -0.15) is 13.9 Å². The molecular formula is C15H16BrF2N3O2. The number of nitrogens with one attached hydrogen (secondary N) is 1. The minimum Gasteiger partial charge on any atom is -0.434 e. The minimum absolute atomic E-state index is 0.0419. The maximum atomic E-state index is 12.4. The van der Waals surface area contributed by atoms with Crippen LogP contribution in [0.15, 0.2) is 28.9 Å². The molecule has 2 rings (SSSR count). The Morgan fingerprint density at radius 1 is 1.48 bits per heavy atom. The van der Waals surface area contributed by atoms with Gasteiger partial charge in [0.15, 0.2) is 0 Å². The summed E-state index contributed by atoms with van der Waals surface area (Å²) in [4.78, 5) is 12.3. The molecule has 0 fully saturated rings. The van der Waals surface area contributed by atoms with Crippen molar-refractivity contribution in [3.05, 3.63) is 45.7 Å². The number of carbonyl (C=O) groups is 1. The van der Waals surface area contributed by atoms with Crippen LogP contribution in [0.5, 0.6) is 5.75 Å². The van der Waals surface area contributed by atoms with Gasteiger partial charge in [0.2, 0.25) is 0 Å². The smallest absolute Gasteiger partial charge is 0.387 e. The van der Waals surface area contributed by atoms with Crippen molar-refractivity contribution >= 4 is 21.8 Å². The molecule has 0 saturated heterocycles. The van der Waals surface area contributed by atoms with E-state index < -0.39 is 12.5 Å². The van der Waals surface area contributed by atoms with Crippen molar-refractivity contribution in [2.45, 2.75) is 33.5 Å². The van der Waals surface area contributed by atoms with E-state index in [0.29, 0.717) is 4.47 Å². The van der Waals surface area contributed by atoms with Gasteiger partial charge < -0.3 is 10.1 Å². The predicted molar refractivity (Wildman–Crippen MR) is 84.6 cm³/mol. The zero-order valence-electron chi connectivity index (χ0n) is 12.6. The molecule has 8 heteroatoms. The van der Waals surface area contributed by atoms with Crippen LogP contribution in [0.1, 0.15) is 28.5 Å². The second kappa shape index (κ2) is 7.54. The first-order valence-corrected chi connectivity index (χ1v) is 7.75. The lowest BCUT2D eigenvalue weighted by Crippen LogP contribution is -2.24. The van der Waals surface area contributed by atoms with Gasteiger partial charge in [0.1, 0.15) is 5.75 Å². The van der Waals surface area contributed by atoms with E-state index in [0.717, 1.165) is 17.8 Å². The summed E-state index contributed by atoms with van der Waals surface area (Å²) in [5.74, 6) is -0.660. The fourth-order valence-corrected chi connectivity index (χ4v) is 2.40. The lowest BCUT2D eigenvalue weighted by Gasteiger charge is -2.11. The zero-order valence-corrected chi connectivity index (χ0v) is 14.2. The second-order valence-corrected chi connectivity index (χ2v) is 5.71. The number of ether oxygens (including phenoxy) is 1. The molecule has 1 aromatic carbocycles. The molecule has 23 heavy (non-hydrogen) atoms. The van der Waals surface area contributed by atoms with Gasteiger partial charge in [-0.25, -0.2) is 0 Å². The highest BCUT2D eigenvalue weighted by atomic mass is 79.9. The molecule has 1 N–H and O–H groups in total. The van der Waals surface area contributed by atoms with Crippen LogP contribution in [0.4, 0.5) is 8.78 Å². The molecule has 0 aliphatic heterocycles. The van der Waals surface area contributed by atoms with Gasteiger partial charge in [-0.3, -0.25) is 9.48 Å². The molecule has 0 atom stereocenters. The Labute approximate surface area is 140 Å². The molecule has 5 nitrogen and oxygen atoms in total. The first-order valence-electron chi connectivity index (χ1n) is 6.96. The van der Waals surface area contributed by atoms with Gasteiger partial charge in [-0.1, -0.05) is 15.9 Å². The summed E-state index contributed by atoms with van der Waals surface area (Å²) in [6, 6.07) is 4.30. The Morgan fingerprint density at radius 3 is 2.83 bits per heavy atom. The number of halogens is 3. The van der Waals surface area contributed by atoms with E-state index >= 15 is 0 Å². The van der Waals surface area contributed by atoms with Gasteiger partial charge in [-0.05, 0) is 32.0 Å². The Morgan fingerprint density at radius 2 is 2.22 bits per heavy atom. The fourth-order valence-electron chi connectivity index (χ4n) is 2.04. The molecule has 0 saturated carbocycles. The van der Waals surface area contributed by atoms with Gasteiger partial charge in [-0.15, -0.1) is 0 Å². The van der Waals surface area contributed by atoms with Crippen molar-refractivity contribution in [3.63, 3.8) is 0 Å². The van der Waals surface area contributed by atoms with Crippen LogP contribution in [0.3, 0.4) is 0 Å². The average molecular weight is 388 g/mol. The topological polar surface area (TPSA) is 56.2 Å². The third-order valence-electron chi connectivity index (χ3n) is 3.21. The molecule has 2 aromatic rings. The Balaban J connectivity index is 2.13. The molecule has 0 bridgehead atoms. The van der Waals surface area contributed by atoms with Gasteiger partial charge in [0.25, 0.3) is 5.91 Å². The second-order valence-electron chi connectivity index (χ2n) is 4.80. The maximum absolute atomic E-state index is 12.4. The molecule has 1 aromatic heterocycles. The molecular weight excluding hydrogens is 372 g/mol. The molecule has 1 heterocycles. The summed E-state index contributed by atoms with van der Waals surface area (Å²) in [5.41, 5.74) is 1.72. The number of aromatic nitrogens is 2. The van der Waals surface area contributed by atoms with Crippen molar-refractivity contribution < 1.29 is 18.3 Å². The summed E-state index contributed by atoms with van der Waals surface area (Å²) in [6.07, 6.45) is 1.84. The number of aryl methyl sites for hydroxylation is 2. The lowest BCUT2D eigenvalue weighted by molar-refractivity contribution is -0.0501. The number of rotatable bonds is 6. The average Bonchev–Trinajstić information content (AvgIpc) is 2.86. The standard InChI is InChI=1S/C15H16BrF2N3O2/c1-3-21-8-10(9(2)20-21)7-19-14(22)12-6-11(16)4-5-13(12)23-15(17)18/h4-6,8,15H,3,7H2,1-2H3,(H,19,22). The van der Waals surface area contributed by atoms with Crippen LogP contribution in [0.2, 0.25) is 0 Å². The van der Waals surface area contributed by atoms with E-state index in [9.17, 15) is 13.6 Å². The largest absolute Gasteiger partial charge is 0.434 e. The van der Waals surface area contributed by atoms with Crippen LogP contribution >= 0.6 is 15.9 Å². The predicted octanol–water partition coefficient (Wildman–Crippen LogP) is 3.51. The van der Waals surface area contributed by atoms with Crippen molar-refractivity contribution in [1.82, 2.24) is 15.1 Å².